The fourth-order valence-corrected chi connectivity index (χ4v) is 4.76. The number of benzene rings is 1. The highest BCUT2D eigenvalue weighted by Crippen LogP contribution is 2.43. The van der Waals surface area contributed by atoms with Gasteiger partial charge in [0.2, 0.25) is 0 Å². The minimum atomic E-state index is -1.07. The number of amides is 1. The standard InChI is InChI=1S/C15H12FNO3S2/c16-10-5-2-1-4-9(10)13(18)17-11(15(19)20)8-22-14(17)12-6-3-7-21-12/h1-7,11,14H,8H2,(H,19,20). The highest BCUT2D eigenvalue weighted by atomic mass is 32.2. The Bertz CT molecular complexity index is 705. The molecule has 1 aromatic carbocycles. The molecule has 1 aromatic heterocycles. The molecule has 0 saturated carbocycles. The van der Waals surface area contributed by atoms with Crippen molar-refractivity contribution >= 4 is 35.0 Å². The predicted molar refractivity (Wildman–Crippen MR) is 83.5 cm³/mol. The van der Waals surface area contributed by atoms with E-state index in [4.69, 9.17) is 0 Å². The fourth-order valence-electron chi connectivity index (χ4n) is 2.37. The Hall–Kier alpha value is -1.86. The first-order valence-corrected chi connectivity index (χ1v) is 8.47. The summed E-state index contributed by atoms with van der Waals surface area (Å²) in [6.45, 7) is 0. The summed E-state index contributed by atoms with van der Waals surface area (Å²) in [5.41, 5.74) is -0.0993. The molecule has 1 saturated heterocycles. The third-order valence-electron chi connectivity index (χ3n) is 3.41. The van der Waals surface area contributed by atoms with Crippen molar-refractivity contribution in [2.75, 3.05) is 5.75 Å². The van der Waals surface area contributed by atoms with Gasteiger partial charge in [-0.05, 0) is 23.6 Å². The number of thiophene rings is 1. The van der Waals surface area contributed by atoms with E-state index in [1.54, 1.807) is 6.07 Å². The van der Waals surface area contributed by atoms with Crippen LogP contribution in [0.15, 0.2) is 41.8 Å². The van der Waals surface area contributed by atoms with Gasteiger partial charge in [0.15, 0.2) is 0 Å². The van der Waals surface area contributed by atoms with E-state index in [0.717, 1.165) is 4.88 Å². The number of carbonyl (C=O) groups excluding carboxylic acids is 1. The summed E-state index contributed by atoms with van der Waals surface area (Å²) in [7, 11) is 0. The van der Waals surface area contributed by atoms with Crippen LogP contribution in [0.25, 0.3) is 0 Å². The maximum absolute atomic E-state index is 13.9. The maximum Gasteiger partial charge on any atom is 0.327 e. The highest BCUT2D eigenvalue weighted by Gasteiger charge is 2.43. The zero-order chi connectivity index (χ0) is 15.7. The molecule has 0 aliphatic carbocycles. The van der Waals surface area contributed by atoms with Crippen LogP contribution in [0.5, 0.6) is 0 Å². The predicted octanol–water partition coefficient (Wildman–Crippen LogP) is 3.23. The van der Waals surface area contributed by atoms with Gasteiger partial charge in [-0.15, -0.1) is 23.1 Å². The second-order valence-electron chi connectivity index (χ2n) is 4.75. The number of aliphatic carboxylic acids is 1. The molecule has 0 bridgehead atoms. The summed E-state index contributed by atoms with van der Waals surface area (Å²) in [5.74, 6) is -2.01. The molecule has 1 fully saturated rings. The number of halogens is 1. The molecule has 0 spiro atoms. The van der Waals surface area contributed by atoms with Gasteiger partial charge in [-0.3, -0.25) is 4.79 Å². The van der Waals surface area contributed by atoms with Gasteiger partial charge in [0, 0.05) is 10.6 Å². The van der Waals surface area contributed by atoms with Crippen LogP contribution in [-0.2, 0) is 4.79 Å². The Labute approximate surface area is 134 Å². The van der Waals surface area contributed by atoms with E-state index in [0.29, 0.717) is 0 Å². The summed E-state index contributed by atoms with van der Waals surface area (Å²) in [6.07, 6.45) is 0. The maximum atomic E-state index is 13.9. The average Bonchev–Trinajstić information content (AvgIpc) is 3.15. The minimum Gasteiger partial charge on any atom is -0.480 e. The molecule has 7 heteroatoms. The van der Waals surface area contributed by atoms with Crippen molar-refractivity contribution in [3.63, 3.8) is 0 Å². The molecule has 0 radical (unpaired) electrons. The van der Waals surface area contributed by atoms with E-state index in [9.17, 15) is 19.1 Å². The molecule has 114 valence electrons. The van der Waals surface area contributed by atoms with E-state index in [1.165, 1.54) is 46.2 Å². The number of carboxylic acid groups (broad SMARTS) is 1. The van der Waals surface area contributed by atoms with Crippen molar-refractivity contribution in [3.05, 3.63) is 58.0 Å². The summed E-state index contributed by atoms with van der Waals surface area (Å²) in [5, 5.41) is 10.8. The lowest BCUT2D eigenvalue weighted by molar-refractivity contribution is -0.141. The lowest BCUT2D eigenvalue weighted by Gasteiger charge is -2.27. The van der Waals surface area contributed by atoms with Crippen LogP contribution in [0.3, 0.4) is 0 Å². The molecule has 3 rings (SSSR count). The summed E-state index contributed by atoms with van der Waals surface area (Å²) in [6, 6.07) is 8.39. The SMILES string of the molecule is O=C(O)C1CSC(c2cccs2)N1C(=O)c1ccccc1F. The Morgan fingerprint density at radius 2 is 2.00 bits per heavy atom. The molecule has 2 atom stereocenters. The first kappa shape index (κ1) is 15.1. The Morgan fingerprint density at radius 3 is 2.64 bits per heavy atom. The van der Waals surface area contributed by atoms with Gasteiger partial charge in [0.25, 0.3) is 5.91 Å². The molecule has 1 aliphatic rings. The minimum absolute atomic E-state index is 0.0993. The van der Waals surface area contributed by atoms with Crippen LogP contribution >= 0.6 is 23.1 Å². The smallest absolute Gasteiger partial charge is 0.327 e. The van der Waals surface area contributed by atoms with Crippen LogP contribution < -0.4 is 0 Å². The van der Waals surface area contributed by atoms with E-state index in [-0.39, 0.29) is 11.3 Å². The molecule has 2 aromatic rings. The van der Waals surface area contributed by atoms with Crippen molar-refractivity contribution in [1.82, 2.24) is 4.90 Å². The van der Waals surface area contributed by atoms with Crippen LogP contribution in [-0.4, -0.2) is 33.7 Å². The lowest BCUT2D eigenvalue weighted by Crippen LogP contribution is -2.43. The highest BCUT2D eigenvalue weighted by molar-refractivity contribution is 7.99. The van der Waals surface area contributed by atoms with Crippen molar-refractivity contribution in [2.45, 2.75) is 11.4 Å². The number of hydrogen-bond acceptors (Lipinski definition) is 4. The van der Waals surface area contributed by atoms with Crippen molar-refractivity contribution < 1.29 is 19.1 Å². The van der Waals surface area contributed by atoms with Gasteiger partial charge < -0.3 is 10.0 Å². The molecule has 22 heavy (non-hydrogen) atoms. The number of hydrogen-bond donors (Lipinski definition) is 1. The number of carbonyl (C=O) groups is 2. The number of nitrogens with zero attached hydrogens (tertiary/aromatic N) is 1. The van der Waals surface area contributed by atoms with E-state index < -0.39 is 29.1 Å². The van der Waals surface area contributed by atoms with Gasteiger partial charge in [-0.25, -0.2) is 9.18 Å². The zero-order valence-electron chi connectivity index (χ0n) is 11.3. The van der Waals surface area contributed by atoms with Gasteiger partial charge in [-0.2, -0.15) is 0 Å². The van der Waals surface area contributed by atoms with E-state index in [1.807, 2.05) is 17.5 Å². The zero-order valence-corrected chi connectivity index (χ0v) is 12.9. The molecule has 2 unspecified atom stereocenters. The molecule has 2 heterocycles. The number of rotatable bonds is 3. The van der Waals surface area contributed by atoms with Crippen LogP contribution in [0.4, 0.5) is 4.39 Å². The van der Waals surface area contributed by atoms with Crippen molar-refractivity contribution in [1.29, 1.82) is 0 Å². The lowest BCUT2D eigenvalue weighted by atomic mass is 10.1. The largest absolute Gasteiger partial charge is 0.480 e. The second kappa shape index (κ2) is 6.10. The van der Waals surface area contributed by atoms with E-state index >= 15 is 0 Å². The van der Waals surface area contributed by atoms with Crippen molar-refractivity contribution in [2.24, 2.45) is 0 Å². The number of carboxylic acids is 1. The first-order chi connectivity index (χ1) is 10.6. The fraction of sp³-hybridized carbons (Fsp3) is 0.200. The van der Waals surface area contributed by atoms with Gasteiger partial charge in [0.05, 0.1) is 5.56 Å². The van der Waals surface area contributed by atoms with Crippen LogP contribution in [0.1, 0.15) is 20.6 Å². The molecule has 1 aliphatic heterocycles. The van der Waals surface area contributed by atoms with Gasteiger partial charge in [-0.1, -0.05) is 18.2 Å². The average molecular weight is 337 g/mol. The van der Waals surface area contributed by atoms with E-state index in [2.05, 4.69) is 0 Å². The van der Waals surface area contributed by atoms with Crippen LogP contribution in [0, 0.1) is 5.82 Å². The Morgan fingerprint density at radius 1 is 1.23 bits per heavy atom. The van der Waals surface area contributed by atoms with Gasteiger partial charge in [0.1, 0.15) is 17.2 Å². The third-order valence-corrected chi connectivity index (χ3v) is 5.79. The molecule has 1 N–H and O–H groups in total. The normalized spacial score (nSPS) is 21.0. The quantitative estimate of drug-likeness (QED) is 0.934. The van der Waals surface area contributed by atoms with Crippen LogP contribution in [0.2, 0.25) is 0 Å². The molecular formula is C15H12FNO3S2. The molecule has 1 amide bonds. The monoisotopic (exact) mass is 337 g/mol. The third kappa shape index (κ3) is 2.62. The Balaban J connectivity index is 2.00. The second-order valence-corrected chi connectivity index (χ2v) is 6.84. The molecule has 4 nitrogen and oxygen atoms in total. The summed E-state index contributed by atoms with van der Waals surface area (Å²) in [4.78, 5) is 26.3. The van der Waals surface area contributed by atoms with Crippen molar-refractivity contribution in [3.8, 4) is 0 Å². The molecular weight excluding hydrogens is 325 g/mol. The van der Waals surface area contributed by atoms with Gasteiger partial charge >= 0.3 is 5.97 Å². The summed E-state index contributed by atoms with van der Waals surface area (Å²) < 4.78 is 13.9. The topological polar surface area (TPSA) is 57.6 Å². The first-order valence-electron chi connectivity index (χ1n) is 6.54. The number of thioether (sulfide) groups is 1. The summed E-state index contributed by atoms with van der Waals surface area (Å²) >= 11 is 2.84. The Kier molecular flexibility index (Phi) is 4.17.